The zero-order valence-corrected chi connectivity index (χ0v) is 16.0. The van der Waals surface area contributed by atoms with Crippen LogP contribution >= 0.6 is 0 Å². The topological polar surface area (TPSA) is 74.5 Å². The van der Waals surface area contributed by atoms with E-state index in [0.29, 0.717) is 31.2 Å². The SMILES string of the molecule is CCc1noc(C(C)NC(=O)N2CCN(CC=Cc3ccccc3)CC2)n1. The van der Waals surface area contributed by atoms with Crippen LogP contribution in [-0.2, 0) is 6.42 Å². The molecule has 7 heteroatoms. The van der Waals surface area contributed by atoms with Gasteiger partial charge in [0.1, 0.15) is 6.04 Å². The normalized spacial score (nSPS) is 16.6. The molecule has 1 aliphatic rings. The second-order valence-electron chi connectivity index (χ2n) is 6.67. The van der Waals surface area contributed by atoms with Crippen molar-refractivity contribution < 1.29 is 9.32 Å². The Balaban J connectivity index is 1.41. The van der Waals surface area contributed by atoms with Gasteiger partial charge in [-0.1, -0.05) is 54.6 Å². The molecule has 2 heterocycles. The molecule has 0 aliphatic carbocycles. The summed E-state index contributed by atoms with van der Waals surface area (Å²) in [7, 11) is 0. The number of rotatable bonds is 6. The monoisotopic (exact) mass is 369 g/mol. The quantitative estimate of drug-likeness (QED) is 0.847. The molecule has 7 nitrogen and oxygen atoms in total. The van der Waals surface area contributed by atoms with E-state index in [0.717, 1.165) is 19.6 Å². The van der Waals surface area contributed by atoms with Crippen LogP contribution in [0.3, 0.4) is 0 Å². The Hall–Kier alpha value is -2.67. The molecule has 0 bridgehead atoms. The molecule has 1 aromatic heterocycles. The largest absolute Gasteiger partial charge is 0.337 e. The van der Waals surface area contributed by atoms with Gasteiger partial charge in [-0.2, -0.15) is 4.98 Å². The Bertz CT molecular complexity index is 751. The summed E-state index contributed by atoms with van der Waals surface area (Å²) in [4.78, 5) is 20.9. The predicted molar refractivity (Wildman–Crippen MR) is 104 cm³/mol. The van der Waals surface area contributed by atoms with E-state index in [9.17, 15) is 4.79 Å². The fraction of sp³-hybridized carbons (Fsp3) is 0.450. The van der Waals surface area contributed by atoms with Gasteiger partial charge in [0.25, 0.3) is 0 Å². The van der Waals surface area contributed by atoms with Crippen molar-refractivity contribution in [1.82, 2.24) is 25.3 Å². The van der Waals surface area contributed by atoms with E-state index < -0.39 is 0 Å². The lowest BCUT2D eigenvalue weighted by atomic mass is 10.2. The maximum atomic E-state index is 12.5. The zero-order chi connectivity index (χ0) is 19.1. The van der Waals surface area contributed by atoms with Crippen molar-refractivity contribution in [1.29, 1.82) is 0 Å². The fourth-order valence-corrected chi connectivity index (χ4v) is 2.96. The average molecular weight is 369 g/mol. The van der Waals surface area contributed by atoms with Crippen LogP contribution in [-0.4, -0.2) is 58.7 Å². The van der Waals surface area contributed by atoms with Crippen LogP contribution < -0.4 is 5.32 Å². The van der Waals surface area contributed by atoms with Crippen LogP contribution in [0.25, 0.3) is 6.08 Å². The number of benzene rings is 1. The lowest BCUT2D eigenvalue weighted by molar-refractivity contribution is 0.143. The minimum atomic E-state index is -0.294. The van der Waals surface area contributed by atoms with Crippen LogP contribution in [0.4, 0.5) is 4.79 Å². The van der Waals surface area contributed by atoms with Gasteiger partial charge in [0.05, 0.1) is 0 Å². The van der Waals surface area contributed by atoms with Crippen LogP contribution in [0.15, 0.2) is 40.9 Å². The third-order valence-corrected chi connectivity index (χ3v) is 4.64. The highest BCUT2D eigenvalue weighted by atomic mass is 16.5. The second-order valence-corrected chi connectivity index (χ2v) is 6.67. The summed E-state index contributed by atoms with van der Waals surface area (Å²) in [6, 6.07) is 9.89. The number of carbonyl (C=O) groups is 1. The molecule has 1 unspecified atom stereocenters. The summed E-state index contributed by atoms with van der Waals surface area (Å²) in [5.74, 6) is 1.10. The lowest BCUT2D eigenvalue weighted by Crippen LogP contribution is -2.52. The van der Waals surface area contributed by atoms with Gasteiger partial charge < -0.3 is 14.7 Å². The van der Waals surface area contributed by atoms with E-state index in [2.05, 4.69) is 44.6 Å². The third-order valence-electron chi connectivity index (χ3n) is 4.64. The van der Waals surface area contributed by atoms with Gasteiger partial charge in [-0.15, -0.1) is 0 Å². The Morgan fingerprint density at radius 1 is 1.26 bits per heavy atom. The highest BCUT2D eigenvalue weighted by Gasteiger charge is 2.23. The van der Waals surface area contributed by atoms with Crippen molar-refractivity contribution in [2.45, 2.75) is 26.3 Å². The van der Waals surface area contributed by atoms with Crippen LogP contribution in [0, 0.1) is 0 Å². The molecule has 1 N–H and O–H groups in total. The predicted octanol–water partition coefficient (Wildman–Crippen LogP) is 2.73. The third kappa shape index (κ3) is 5.40. The maximum Gasteiger partial charge on any atom is 0.318 e. The van der Waals surface area contributed by atoms with Crippen molar-refractivity contribution in [3.8, 4) is 0 Å². The Labute approximate surface area is 160 Å². The molecule has 1 fully saturated rings. The Morgan fingerprint density at radius 3 is 2.67 bits per heavy atom. The summed E-state index contributed by atoms with van der Waals surface area (Å²) in [6.45, 7) is 7.86. The number of nitrogens with one attached hydrogen (secondary N) is 1. The minimum Gasteiger partial charge on any atom is -0.337 e. The molecule has 0 radical (unpaired) electrons. The van der Waals surface area contributed by atoms with Crippen molar-refractivity contribution in [3.05, 3.63) is 53.7 Å². The number of hydrogen-bond donors (Lipinski definition) is 1. The number of carbonyl (C=O) groups excluding carboxylic acids is 1. The number of aromatic nitrogens is 2. The number of urea groups is 1. The molecule has 27 heavy (non-hydrogen) atoms. The first-order valence-electron chi connectivity index (χ1n) is 9.47. The van der Waals surface area contributed by atoms with Crippen molar-refractivity contribution in [2.24, 2.45) is 0 Å². The van der Waals surface area contributed by atoms with Crippen molar-refractivity contribution in [3.63, 3.8) is 0 Å². The molecule has 3 rings (SSSR count). The maximum absolute atomic E-state index is 12.5. The standard InChI is InChI=1S/C20H27N5O2/c1-3-18-22-19(27-23-18)16(2)21-20(26)25-14-12-24(13-15-25)11-7-10-17-8-5-4-6-9-17/h4-10,16H,3,11-15H2,1-2H3,(H,21,26). The van der Waals surface area contributed by atoms with E-state index in [1.165, 1.54) is 5.56 Å². The van der Waals surface area contributed by atoms with E-state index in [-0.39, 0.29) is 12.1 Å². The average Bonchev–Trinajstić information content (AvgIpc) is 3.19. The molecular formula is C20H27N5O2. The summed E-state index contributed by atoms with van der Waals surface area (Å²) in [6.07, 6.45) is 5.02. The fourth-order valence-electron chi connectivity index (χ4n) is 2.96. The van der Waals surface area contributed by atoms with E-state index >= 15 is 0 Å². The van der Waals surface area contributed by atoms with Crippen LogP contribution in [0.2, 0.25) is 0 Å². The first kappa shape index (κ1) is 19.1. The molecule has 0 spiro atoms. The molecule has 2 amide bonds. The molecule has 2 aromatic rings. The van der Waals surface area contributed by atoms with E-state index in [1.54, 1.807) is 0 Å². The van der Waals surface area contributed by atoms with Crippen molar-refractivity contribution in [2.75, 3.05) is 32.7 Å². The molecule has 0 saturated carbocycles. The first-order chi connectivity index (χ1) is 13.2. The van der Waals surface area contributed by atoms with Gasteiger partial charge in [-0.3, -0.25) is 4.90 Å². The number of piperazine rings is 1. The number of nitrogens with zero attached hydrogens (tertiary/aromatic N) is 4. The smallest absolute Gasteiger partial charge is 0.318 e. The molecule has 1 atom stereocenters. The Kier molecular flexibility index (Phi) is 6.59. The van der Waals surface area contributed by atoms with Gasteiger partial charge in [0.15, 0.2) is 5.82 Å². The highest BCUT2D eigenvalue weighted by Crippen LogP contribution is 2.11. The van der Waals surface area contributed by atoms with Gasteiger partial charge in [0.2, 0.25) is 5.89 Å². The number of amides is 2. The molecule has 144 valence electrons. The van der Waals surface area contributed by atoms with E-state index in [4.69, 9.17) is 4.52 Å². The van der Waals surface area contributed by atoms with Gasteiger partial charge >= 0.3 is 6.03 Å². The Morgan fingerprint density at radius 2 is 2.00 bits per heavy atom. The lowest BCUT2D eigenvalue weighted by Gasteiger charge is -2.34. The minimum absolute atomic E-state index is 0.0850. The van der Waals surface area contributed by atoms with Crippen molar-refractivity contribution >= 4 is 12.1 Å². The van der Waals surface area contributed by atoms with Gasteiger partial charge in [-0.25, -0.2) is 4.79 Å². The second kappa shape index (κ2) is 9.32. The molecular weight excluding hydrogens is 342 g/mol. The van der Waals surface area contributed by atoms with Gasteiger partial charge in [-0.05, 0) is 12.5 Å². The van der Waals surface area contributed by atoms with E-state index in [1.807, 2.05) is 36.9 Å². The number of hydrogen-bond acceptors (Lipinski definition) is 5. The van der Waals surface area contributed by atoms with Gasteiger partial charge in [0, 0.05) is 39.1 Å². The summed E-state index contributed by atoms with van der Waals surface area (Å²) < 4.78 is 5.19. The zero-order valence-electron chi connectivity index (χ0n) is 16.0. The van der Waals surface area contributed by atoms with Crippen LogP contribution in [0.1, 0.15) is 37.2 Å². The summed E-state index contributed by atoms with van der Waals surface area (Å²) in [5.41, 5.74) is 1.21. The molecule has 1 aromatic carbocycles. The molecule has 1 saturated heterocycles. The molecule has 1 aliphatic heterocycles. The highest BCUT2D eigenvalue weighted by molar-refractivity contribution is 5.74. The summed E-state index contributed by atoms with van der Waals surface area (Å²) in [5, 5.41) is 6.81. The number of aryl methyl sites for hydroxylation is 1. The van der Waals surface area contributed by atoms with Crippen LogP contribution in [0.5, 0.6) is 0 Å². The first-order valence-corrected chi connectivity index (χ1v) is 9.47. The summed E-state index contributed by atoms with van der Waals surface area (Å²) >= 11 is 0.